The van der Waals surface area contributed by atoms with Gasteiger partial charge in [-0.25, -0.2) is 26.5 Å². The Hall–Kier alpha value is -4.25. The second-order valence-corrected chi connectivity index (χ2v) is 17.1. The van der Waals surface area contributed by atoms with Crippen molar-refractivity contribution in [2.45, 2.75) is 75.2 Å². The molecule has 1 N–H and O–H groups in total. The van der Waals surface area contributed by atoms with E-state index < -0.39 is 26.0 Å². The minimum absolute atomic E-state index is 0.00282. The third kappa shape index (κ3) is 8.35. The van der Waals surface area contributed by atoms with E-state index in [2.05, 4.69) is 22.3 Å². The number of rotatable bonds is 9. The number of ether oxygens (including phenoxy) is 2. The highest BCUT2D eigenvalue weighted by Crippen LogP contribution is 2.25. The first-order chi connectivity index (χ1) is 24.7. The average Bonchev–Trinajstić information content (AvgIpc) is 3.11. The van der Waals surface area contributed by atoms with E-state index in [-0.39, 0.29) is 71.4 Å². The van der Waals surface area contributed by atoms with Crippen molar-refractivity contribution in [1.29, 1.82) is 0 Å². The van der Waals surface area contributed by atoms with Crippen LogP contribution in [0.1, 0.15) is 50.7 Å². The lowest BCUT2D eigenvalue weighted by molar-refractivity contribution is -0.0442. The van der Waals surface area contributed by atoms with Gasteiger partial charge in [-0.3, -0.25) is 4.79 Å². The number of amides is 1. The Morgan fingerprint density at radius 3 is 1.69 bits per heavy atom. The third-order valence-electron chi connectivity index (χ3n) is 8.89. The van der Waals surface area contributed by atoms with Crippen LogP contribution in [0.25, 0.3) is 5.69 Å². The number of carbonyl (C=O) groups is 1. The lowest BCUT2D eigenvalue weighted by Crippen LogP contribution is -2.48. The normalized spacial score (nSPS) is 22.3. The summed E-state index contributed by atoms with van der Waals surface area (Å²) < 4.78 is 69.3. The quantitative estimate of drug-likeness (QED) is 0.263. The molecule has 0 spiro atoms. The Morgan fingerprint density at radius 2 is 1.21 bits per heavy atom. The molecule has 4 atom stereocenters. The minimum Gasteiger partial charge on any atom is -0.373 e. The van der Waals surface area contributed by atoms with Gasteiger partial charge in [0.15, 0.2) is 5.69 Å². The maximum absolute atomic E-state index is 13.8. The number of sulfonamides is 2. The summed E-state index contributed by atoms with van der Waals surface area (Å²) in [5.41, 5.74) is 2.68. The van der Waals surface area contributed by atoms with Crippen molar-refractivity contribution in [2.24, 2.45) is 4.99 Å². The lowest BCUT2D eigenvalue weighted by Gasteiger charge is -2.34. The highest BCUT2D eigenvalue weighted by molar-refractivity contribution is 7.89. The van der Waals surface area contributed by atoms with Crippen LogP contribution in [0, 0.1) is 0 Å². The summed E-state index contributed by atoms with van der Waals surface area (Å²) in [6, 6.07) is 21.6. The molecule has 1 amide bonds. The van der Waals surface area contributed by atoms with Crippen molar-refractivity contribution in [2.75, 3.05) is 31.5 Å². The molecule has 0 bridgehead atoms. The summed E-state index contributed by atoms with van der Waals surface area (Å²) >= 11 is 0. The van der Waals surface area contributed by atoms with Gasteiger partial charge in [0.1, 0.15) is 0 Å². The predicted molar refractivity (Wildman–Crippen MR) is 197 cm³/mol. The molecule has 4 unspecified atom stereocenters. The van der Waals surface area contributed by atoms with E-state index in [0.29, 0.717) is 11.4 Å². The molecule has 4 aromatic rings. The molecule has 2 aliphatic heterocycles. The summed E-state index contributed by atoms with van der Waals surface area (Å²) in [5, 5.41) is 7.72. The van der Waals surface area contributed by atoms with E-state index >= 15 is 0 Å². The number of aromatic nitrogens is 2. The Kier molecular flexibility index (Phi) is 11.1. The molecule has 3 aromatic carbocycles. The summed E-state index contributed by atoms with van der Waals surface area (Å²) in [7, 11) is -7.52. The van der Waals surface area contributed by atoms with Crippen LogP contribution in [-0.4, -0.2) is 91.7 Å². The zero-order valence-electron chi connectivity index (χ0n) is 29.8. The number of hydrogen-bond donors (Lipinski definition) is 1. The molecule has 13 nitrogen and oxygen atoms in total. The second kappa shape index (κ2) is 15.4. The first kappa shape index (κ1) is 37.5. The van der Waals surface area contributed by atoms with Crippen LogP contribution < -0.4 is 10.7 Å². The predicted octanol–water partition coefficient (Wildman–Crippen LogP) is 4.52. The third-order valence-corrected chi connectivity index (χ3v) is 12.6. The molecule has 2 fully saturated rings. The highest BCUT2D eigenvalue weighted by atomic mass is 32.2. The second-order valence-electron chi connectivity index (χ2n) is 13.3. The SMILES string of the molecule is CCc1ccc(-n2ccc(=Nc3ccc(S(=O)(=O)N4CC(C)OC(C)C4)cc3)c(C(=O)Nc3ccc(S(=O)(=O)N4CC(C)OC(C)C4)cc3)n2)cc1. The van der Waals surface area contributed by atoms with Crippen molar-refractivity contribution < 1.29 is 31.1 Å². The van der Waals surface area contributed by atoms with Crippen molar-refractivity contribution in [3.05, 3.63) is 102 Å². The smallest absolute Gasteiger partial charge is 0.278 e. The fourth-order valence-electron chi connectivity index (χ4n) is 6.38. The van der Waals surface area contributed by atoms with Crippen LogP contribution in [0.5, 0.6) is 0 Å². The van der Waals surface area contributed by atoms with Crippen LogP contribution >= 0.6 is 0 Å². The van der Waals surface area contributed by atoms with E-state index in [0.717, 1.165) is 17.7 Å². The fourth-order valence-corrected chi connectivity index (χ4v) is 9.56. The van der Waals surface area contributed by atoms with Gasteiger partial charge >= 0.3 is 0 Å². The molecular weight excluding hydrogens is 705 g/mol. The van der Waals surface area contributed by atoms with Crippen molar-refractivity contribution in [3.63, 3.8) is 0 Å². The largest absolute Gasteiger partial charge is 0.373 e. The van der Waals surface area contributed by atoms with Gasteiger partial charge < -0.3 is 14.8 Å². The van der Waals surface area contributed by atoms with Gasteiger partial charge in [0.25, 0.3) is 5.91 Å². The number of nitrogens with one attached hydrogen (secondary N) is 1. The zero-order valence-corrected chi connectivity index (χ0v) is 31.5. The monoisotopic (exact) mass is 748 g/mol. The first-order valence-corrected chi connectivity index (χ1v) is 20.2. The van der Waals surface area contributed by atoms with E-state index in [4.69, 9.17) is 9.47 Å². The van der Waals surface area contributed by atoms with Gasteiger partial charge in [0.05, 0.1) is 50.9 Å². The zero-order chi connectivity index (χ0) is 37.2. The number of morpholine rings is 2. The molecule has 52 heavy (non-hydrogen) atoms. The Morgan fingerprint density at radius 1 is 0.731 bits per heavy atom. The topological polar surface area (TPSA) is 152 Å². The molecule has 2 saturated heterocycles. The van der Waals surface area contributed by atoms with Gasteiger partial charge in [-0.15, -0.1) is 0 Å². The van der Waals surface area contributed by atoms with E-state index in [1.807, 2.05) is 52.0 Å². The van der Waals surface area contributed by atoms with Gasteiger partial charge in [0.2, 0.25) is 20.0 Å². The van der Waals surface area contributed by atoms with Crippen molar-refractivity contribution >= 4 is 37.3 Å². The summed E-state index contributed by atoms with van der Waals surface area (Å²) in [4.78, 5) is 18.8. The number of hydrogen-bond acceptors (Lipinski definition) is 9. The number of nitrogens with zero attached hydrogens (tertiary/aromatic N) is 5. The van der Waals surface area contributed by atoms with Gasteiger partial charge in [-0.05, 0) is 106 Å². The molecular formula is C37H44N6O7S2. The van der Waals surface area contributed by atoms with Crippen LogP contribution in [0.2, 0.25) is 0 Å². The van der Waals surface area contributed by atoms with Crippen LogP contribution in [0.4, 0.5) is 11.4 Å². The molecule has 6 rings (SSSR count). The molecule has 0 aliphatic carbocycles. The van der Waals surface area contributed by atoms with Crippen LogP contribution in [0.15, 0.2) is 99.8 Å². The van der Waals surface area contributed by atoms with Gasteiger partial charge in [-0.1, -0.05) is 19.1 Å². The molecule has 1 aromatic heterocycles. The van der Waals surface area contributed by atoms with E-state index in [1.165, 1.54) is 45.0 Å². The number of carbonyl (C=O) groups excluding carboxylic acids is 1. The van der Waals surface area contributed by atoms with Crippen molar-refractivity contribution in [1.82, 2.24) is 18.4 Å². The summed E-state index contributed by atoms with van der Waals surface area (Å²) in [6.07, 6.45) is 1.68. The highest BCUT2D eigenvalue weighted by Gasteiger charge is 2.33. The Balaban J connectivity index is 1.29. The van der Waals surface area contributed by atoms with E-state index in [9.17, 15) is 21.6 Å². The van der Waals surface area contributed by atoms with Crippen molar-refractivity contribution in [3.8, 4) is 5.69 Å². The Bertz CT molecular complexity index is 2170. The molecule has 276 valence electrons. The Labute approximate surface area is 305 Å². The average molecular weight is 749 g/mol. The molecule has 0 saturated carbocycles. The molecule has 0 radical (unpaired) electrons. The number of aryl methyl sites for hydroxylation is 1. The van der Waals surface area contributed by atoms with E-state index in [1.54, 1.807) is 29.1 Å². The minimum atomic E-state index is -3.77. The first-order valence-electron chi connectivity index (χ1n) is 17.3. The number of anilines is 1. The maximum atomic E-state index is 13.8. The standard InChI is InChI=1S/C37H44N6O7S2/c1-6-29-7-13-32(14-8-29)43-20-19-35(38-30-9-15-33(16-10-30)51(45,46)41-21-25(2)49-26(3)22-41)36(40-43)37(44)39-31-11-17-34(18-12-31)52(47,48)42-23-27(4)50-28(5)24-42/h7-20,25-28H,6,21-24H2,1-5H3,(H,39,44). The molecule has 2 aliphatic rings. The van der Waals surface area contributed by atoms with Crippen LogP contribution in [0.3, 0.4) is 0 Å². The van der Waals surface area contributed by atoms with Gasteiger partial charge in [0, 0.05) is 38.1 Å². The maximum Gasteiger partial charge on any atom is 0.278 e. The summed E-state index contributed by atoms with van der Waals surface area (Å²) in [6.45, 7) is 10.5. The summed E-state index contributed by atoms with van der Waals surface area (Å²) in [5.74, 6) is -0.570. The number of benzene rings is 3. The lowest BCUT2D eigenvalue weighted by atomic mass is 10.1. The van der Waals surface area contributed by atoms with Gasteiger partial charge in [-0.2, -0.15) is 13.7 Å². The van der Waals surface area contributed by atoms with Crippen LogP contribution in [-0.2, 0) is 35.9 Å². The molecule has 15 heteroatoms. The molecule has 3 heterocycles. The fraction of sp³-hybridized carbons (Fsp3) is 0.378.